The summed E-state index contributed by atoms with van der Waals surface area (Å²) in [6.07, 6.45) is 5.33. The maximum Gasteiger partial charge on any atom is 0.0542 e. The van der Waals surface area contributed by atoms with Crippen molar-refractivity contribution in [3.8, 4) is 0 Å². The lowest BCUT2D eigenvalue weighted by Gasteiger charge is -2.19. The number of halogens is 1. The van der Waals surface area contributed by atoms with Crippen molar-refractivity contribution in [2.24, 2.45) is 0 Å². The van der Waals surface area contributed by atoms with Crippen LogP contribution in [-0.2, 0) is 10.8 Å². The molecule has 1 fully saturated rings. The van der Waals surface area contributed by atoms with Gasteiger partial charge in [-0.3, -0.25) is 4.21 Å². The fourth-order valence-electron chi connectivity index (χ4n) is 2.26. The van der Waals surface area contributed by atoms with E-state index in [4.69, 9.17) is 0 Å². The summed E-state index contributed by atoms with van der Waals surface area (Å²) in [6.45, 7) is 3.35. The van der Waals surface area contributed by atoms with Gasteiger partial charge in [0.1, 0.15) is 0 Å². The largest absolute Gasteiger partial charge is 0.302 e. The minimum Gasteiger partial charge on any atom is -0.302 e. The number of hydrogen-bond donors (Lipinski definition) is 0. The highest BCUT2D eigenvalue weighted by molar-refractivity contribution is 7.85. The summed E-state index contributed by atoms with van der Waals surface area (Å²) in [5.74, 6) is 0.768. The van der Waals surface area contributed by atoms with Crippen molar-refractivity contribution in [2.45, 2.75) is 30.6 Å². The lowest BCUT2D eigenvalue weighted by Crippen LogP contribution is -2.28. The van der Waals surface area contributed by atoms with Gasteiger partial charge in [-0.2, -0.15) is 0 Å². The first kappa shape index (κ1) is 15.7. The van der Waals surface area contributed by atoms with E-state index >= 15 is 0 Å². The molecule has 1 aromatic carbocycles. The van der Waals surface area contributed by atoms with Crippen LogP contribution >= 0.6 is 12.4 Å². The van der Waals surface area contributed by atoms with Crippen LogP contribution in [-0.4, -0.2) is 34.5 Å². The van der Waals surface area contributed by atoms with Crippen molar-refractivity contribution in [3.05, 3.63) is 30.3 Å². The van der Waals surface area contributed by atoms with E-state index in [2.05, 4.69) is 4.90 Å². The second-order valence-corrected chi connectivity index (χ2v) is 6.19. The van der Waals surface area contributed by atoms with Gasteiger partial charge in [0.15, 0.2) is 0 Å². The van der Waals surface area contributed by atoms with Gasteiger partial charge in [0.2, 0.25) is 0 Å². The molecule has 18 heavy (non-hydrogen) atoms. The molecule has 2 nitrogen and oxygen atoms in total. The molecule has 1 atom stereocenters. The smallest absolute Gasteiger partial charge is 0.0542 e. The highest BCUT2D eigenvalue weighted by Crippen LogP contribution is 2.11. The molecule has 1 aromatic rings. The zero-order chi connectivity index (χ0) is 11.9. The zero-order valence-corrected chi connectivity index (χ0v) is 12.3. The molecule has 0 N–H and O–H groups in total. The minimum atomic E-state index is -0.832. The Morgan fingerprint density at radius 1 is 1.00 bits per heavy atom. The van der Waals surface area contributed by atoms with Gasteiger partial charge in [0.05, 0.1) is 10.8 Å². The van der Waals surface area contributed by atoms with E-state index < -0.39 is 10.8 Å². The molecular weight excluding hydrogens is 266 g/mol. The van der Waals surface area contributed by atoms with Crippen LogP contribution in [0.25, 0.3) is 0 Å². The van der Waals surface area contributed by atoms with Gasteiger partial charge in [-0.15, -0.1) is 12.4 Å². The van der Waals surface area contributed by atoms with Gasteiger partial charge in [-0.25, -0.2) is 0 Å². The first-order chi connectivity index (χ1) is 8.36. The Hall–Kier alpha value is -0.380. The number of rotatable bonds is 4. The molecular formula is C14H22ClNOS. The van der Waals surface area contributed by atoms with E-state index in [0.29, 0.717) is 0 Å². The molecule has 0 saturated carbocycles. The Bertz CT molecular complexity index is 350. The highest BCUT2D eigenvalue weighted by atomic mass is 35.5. The molecule has 0 aromatic heterocycles. The van der Waals surface area contributed by atoms with E-state index in [-0.39, 0.29) is 12.4 Å². The molecule has 1 aliphatic heterocycles. The van der Waals surface area contributed by atoms with Crippen molar-refractivity contribution in [3.63, 3.8) is 0 Å². The summed E-state index contributed by atoms with van der Waals surface area (Å²) in [7, 11) is -0.832. The lowest BCUT2D eigenvalue weighted by atomic mass is 10.2. The average molecular weight is 288 g/mol. The lowest BCUT2D eigenvalue weighted by molar-refractivity contribution is 0.302. The second kappa shape index (κ2) is 8.68. The molecule has 1 heterocycles. The summed E-state index contributed by atoms with van der Waals surface area (Å²) < 4.78 is 12.1. The average Bonchev–Trinajstić information content (AvgIpc) is 2.65. The topological polar surface area (TPSA) is 20.3 Å². The van der Waals surface area contributed by atoms with Gasteiger partial charge < -0.3 is 4.90 Å². The molecule has 1 saturated heterocycles. The van der Waals surface area contributed by atoms with Gasteiger partial charge in [-0.1, -0.05) is 31.0 Å². The Labute approximate surface area is 119 Å². The van der Waals surface area contributed by atoms with Crippen LogP contribution < -0.4 is 0 Å². The Kier molecular flexibility index (Phi) is 7.56. The van der Waals surface area contributed by atoms with E-state index in [9.17, 15) is 4.21 Å². The molecule has 0 bridgehead atoms. The first-order valence-corrected chi connectivity index (χ1v) is 7.84. The van der Waals surface area contributed by atoms with E-state index in [1.165, 1.54) is 38.8 Å². The van der Waals surface area contributed by atoms with E-state index in [1.807, 2.05) is 30.3 Å². The zero-order valence-electron chi connectivity index (χ0n) is 10.7. The molecule has 2 rings (SSSR count). The fourth-order valence-corrected chi connectivity index (χ4v) is 3.38. The monoisotopic (exact) mass is 287 g/mol. The Balaban J connectivity index is 0.00000162. The number of likely N-dealkylation sites (tertiary alicyclic amines) is 1. The van der Waals surface area contributed by atoms with Crippen molar-refractivity contribution >= 4 is 23.2 Å². The third-order valence-corrected chi connectivity index (χ3v) is 4.65. The maximum absolute atomic E-state index is 12.1. The van der Waals surface area contributed by atoms with Crippen molar-refractivity contribution in [1.29, 1.82) is 0 Å². The van der Waals surface area contributed by atoms with Gasteiger partial charge >= 0.3 is 0 Å². The predicted molar refractivity (Wildman–Crippen MR) is 79.9 cm³/mol. The van der Waals surface area contributed by atoms with Crippen molar-refractivity contribution < 1.29 is 4.21 Å². The summed E-state index contributed by atoms with van der Waals surface area (Å²) >= 11 is 0. The molecule has 4 heteroatoms. The molecule has 0 aliphatic carbocycles. The maximum atomic E-state index is 12.1. The van der Waals surface area contributed by atoms with Crippen molar-refractivity contribution in [1.82, 2.24) is 4.90 Å². The van der Waals surface area contributed by atoms with E-state index in [1.54, 1.807) is 0 Å². The normalized spacial score (nSPS) is 18.7. The molecule has 1 unspecified atom stereocenters. The predicted octanol–water partition coefficient (Wildman–Crippen LogP) is 3.09. The van der Waals surface area contributed by atoms with Crippen LogP contribution in [0.15, 0.2) is 35.2 Å². The summed E-state index contributed by atoms with van der Waals surface area (Å²) in [5, 5.41) is 0. The second-order valence-electron chi connectivity index (χ2n) is 4.62. The van der Waals surface area contributed by atoms with Crippen LogP contribution in [0, 0.1) is 0 Å². The van der Waals surface area contributed by atoms with Crippen LogP contribution in [0.4, 0.5) is 0 Å². The molecule has 0 amide bonds. The fraction of sp³-hybridized carbons (Fsp3) is 0.571. The summed E-state index contributed by atoms with van der Waals surface area (Å²) in [6, 6.07) is 9.80. The molecule has 0 radical (unpaired) electrons. The Morgan fingerprint density at radius 2 is 1.61 bits per heavy atom. The third-order valence-electron chi connectivity index (χ3n) is 3.30. The van der Waals surface area contributed by atoms with E-state index in [0.717, 1.165) is 17.2 Å². The highest BCUT2D eigenvalue weighted by Gasteiger charge is 2.10. The van der Waals surface area contributed by atoms with Gasteiger partial charge in [0, 0.05) is 17.2 Å². The number of hydrogen-bond acceptors (Lipinski definition) is 2. The van der Waals surface area contributed by atoms with Crippen LogP contribution in [0.5, 0.6) is 0 Å². The Morgan fingerprint density at radius 3 is 2.22 bits per heavy atom. The van der Waals surface area contributed by atoms with Crippen molar-refractivity contribution in [2.75, 3.05) is 25.4 Å². The molecule has 102 valence electrons. The minimum absolute atomic E-state index is 0. The standard InChI is InChI=1S/C14H21NOS.ClH/c16-17(14-8-4-3-5-9-14)13-12-15-10-6-1-2-7-11-15;/h3-5,8-9H,1-2,6-7,10-13H2;1H. The SMILES string of the molecule is Cl.O=S(CCN1CCCCCC1)c1ccccc1. The molecule has 1 aliphatic rings. The van der Waals surface area contributed by atoms with Crippen LogP contribution in [0.2, 0.25) is 0 Å². The number of benzene rings is 1. The van der Waals surface area contributed by atoms with Crippen LogP contribution in [0.1, 0.15) is 25.7 Å². The first-order valence-electron chi connectivity index (χ1n) is 6.52. The summed E-state index contributed by atoms with van der Waals surface area (Å²) in [4.78, 5) is 3.43. The van der Waals surface area contributed by atoms with Gasteiger partial charge in [-0.05, 0) is 38.1 Å². The third kappa shape index (κ3) is 5.09. The summed E-state index contributed by atoms with van der Waals surface area (Å²) in [5.41, 5.74) is 0. The van der Waals surface area contributed by atoms with Gasteiger partial charge in [0.25, 0.3) is 0 Å². The molecule has 0 spiro atoms. The van der Waals surface area contributed by atoms with Crippen LogP contribution in [0.3, 0.4) is 0 Å². The quantitative estimate of drug-likeness (QED) is 0.848. The number of nitrogens with zero attached hydrogens (tertiary/aromatic N) is 1.